The molecule has 1 rings (SSSR count). The number of para-hydroxylation sites is 1. The highest BCUT2D eigenvalue weighted by atomic mass is 16.5. The zero-order valence-electron chi connectivity index (χ0n) is 11.1. The maximum Gasteiger partial charge on any atom is 0.124 e. The second-order valence-corrected chi connectivity index (χ2v) is 4.39. The molecule has 0 aliphatic rings. The van der Waals surface area contributed by atoms with Gasteiger partial charge in [-0.2, -0.15) is 0 Å². The summed E-state index contributed by atoms with van der Waals surface area (Å²) in [6, 6.07) is 7.63. The third-order valence-electron chi connectivity index (χ3n) is 3.13. The van der Waals surface area contributed by atoms with E-state index in [1.165, 1.54) is 0 Å². The minimum Gasteiger partial charge on any atom is -0.496 e. The molecule has 0 fully saturated rings. The fourth-order valence-corrected chi connectivity index (χ4v) is 2.11. The summed E-state index contributed by atoms with van der Waals surface area (Å²) in [6.45, 7) is 7.44. The van der Waals surface area contributed by atoms with Crippen LogP contribution < -0.4 is 4.74 Å². The Labute approximate surface area is 110 Å². The largest absolute Gasteiger partial charge is 0.496 e. The monoisotopic (exact) mass is 246 g/mol. The molecule has 0 radical (unpaired) electrons. The van der Waals surface area contributed by atoms with E-state index >= 15 is 0 Å². The summed E-state index contributed by atoms with van der Waals surface area (Å²) in [6.07, 6.45) is 6.48. The molecule has 0 aromatic heterocycles. The van der Waals surface area contributed by atoms with Crippen molar-refractivity contribution in [2.24, 2.45) is 0 Å². The van der Waals surface area contributed by atoms with E-state index in [1.54, 1.807) is 7.11 Å². The first-order valence-electron chi connectivity index (χ1n) is 6.25. The molecule has 0 bridgehead atoms. The lowest BCUT2D eigenvalue weighted by Gasteiger charge is -2.29. The third kappa shape index (κ3) is 3.47. The topological polar surface area (TPSA) is 29.5 Å². The lowest BCUT2D eigenvalue weighted by molar-refractivity contribution is 0.0181. The van der Waals surface area contributed by atoms with Gasteiger partial charge in [-0.05, 0) is 31.7 Å². The zero-order chi connectivity index (χ0) is 13.4. The summed E-state index contributed by atoms with van der Waals surface area (Å²) in [5.41, 5.74) is -0.0363. The molecule has 1 N–H and O–H groups in total. The van der Waals surface area contributed by atoms with Crippen LogP contribution in [0.25, 0.3) is 0 Å². The molecule has 0 saturated carbocycles. The third-order valence-corrected chi connectivity index (χ3v) is 3.13. The minimum absolute atomic E-state index is 0.644. The second-order valence-electron chi connectivity index (χ2n) is 4.39. The molecule has 0 atom stereocenters. The van der Waals surface area contributed by atoms with Gasteiger partial charge in [-0.3, -0.25) is 0 Å². The molecule has 0 unspecified atom stereocenters. The molecule has 18 heavy (non-hydrogen) atoms. The summed E-state index contributed by atoms with van der Waals surface area (Å²) in [5, 5.41) is 10.9. The summed E-state index contributed by atoms with van der Waals surface area (Å²) in [7, 11) is 1.63. The van der Waals surface area contributed by atoms with Crippen molar-refractivity contribution in [1.82, 2.24) is 0 Å². The number of allylic oxidation sites excluding steroid dienone is 2. The van der Waals surface area contributed by atoms with E-state index in [-0.39, 0.29) is 0 Å². The van der Waals surface area contributed by atoms with E-state index in [2.05, 4.69) is 13.2 Å². The highest BCUT2D eigenvalue weighted by molar-refractivity contribution is 5.38. The number of ether oxygens (including phenoxy) is 1. The normalized spacial score (nSPS) is 11.0. The van der Waals surface area contributed by atoms with Gasteiger partial charge in [-0.25, -0.2) is 0 Å². The lowest BCUT2D eigenvalue weighted by atomic mass is 9.84. The van der Waals surface area contributed by atoms with Crippen molar-refractivity contribution in [1.29, 1.82) is 0 Å². The average molecular weight is 246 g/mol. The number of methoxy groups -OCH3 is 1. The second kappa shape index (κ2) is 7.02. The summed E-state index contributed by atoms with van der Waals surface area (Å²) in [5.74, 6) is 0.730. The van der Waals surface area contributed by atoms with E-state index in [1.807, 2.05) is 36.4 Å². The Balaban J connectivity index is 3.06. The molecule has 0 heterocycles. The van der Waals surface area contributed by atoms with Gasteiger partial charge in [0.15, 0.2) is 0 Å². The van der Waals surface area contributed by atoms with E-state index in [4.69, 9.17) is 4.74 Å². The highest BCUT2D eigenvalue weighted by Gasteiger charge is 2.30. The van der Waals surface area contributed by atoms with Gasteiger partial charge >= 0.3 is 0 Å². The van der Waals surface area contributed by atoms with Crippen LogP contribution in [-0.4, -0.2) is 12.2 Å². The van der Waals surface area contributed by atoms with Crippen LogP contribution in [0.4, 0.5) is 0 Å². The van der Waals surface area contributed by atoms with Crippen molar-refractivity contribution in [3.05, 3.63) is 55.1 Å². The SMILES string of the molecule is C=CCCC(O)(CCC=C)c1ccccc1OC. The van der Waals surface area contributed by atoms with Crippen LogP contribution in [0, 0.1) is 0 Å². The quantitative estimate of drug-likeness (QED) is 0.707. The van der Waals surface area contributed by atoms with E-state index in [0.717, 1.165) is 24.2 Å². The van der Waals surface area contributed by atoms with Crippen molar-refractivity contribution in [2.75, 3.05) is 7.11 Å². The molecule has 0 amide bonds. The van der Waals surface area contributed by atoms with E-state index in [9.17, 15) is 5.11 Å². The first kappa shape index (κ1) is 14.5. The molecule has 0 spiro atoms. The standard InChI is InChI=1S/C16H22O2/c1-4-6-12-16(17,13-7-5-2)14-10-8-9-11-15(14)18-3/h4-5,8-11,17H,1-2,6-7,12-13H2,3H3. The van der Waals surface area contributed by atoms with Crippen LogP contribution in [-0.2, 0) is 5.60 Å². The van der Waals surface area contributed by atoms with Gasteiger partial charge in [0.25, 0.3) is 0 Å². The van der Waals surface area contributed by atoms with Crippen LogP contribution in [0.1, 0.15) is 31.2 Å². The van der Waals surface area contributed by atoms with E-state index < -0.39 is 5.60 Å². The van der Waals surface area contributed by atoms with Gasteiger partial charge in [-0.1, -0.05) is 30.4 Å². The molecular formula is C16H22O2. The zero-order valence-corrected chi connectivity index (χ0v) is 11.1. The molecule has 98 valence electrons. The number of rotatable bonds is 8. The summed E-state index contributed by atoms with van der Waals surface area (Å²) < 4.78 is 5.34. The van der Waals surface area contributed by atoms with Crippen molar-refractivity contribution in [2.45, 2.75) is 31.3 Å². The first-order valence-corrected chi connectivity index (χ1v) is 6.25. The Morgan fingerprint density at radius 3 is 2.22 bits per heavy atom. The van der Waals surface area contributed by atoms with Gasteiger partial charge in [0.1, 0.15) is 5.75 Å². The number of benzene rings is 1. The average Bonchev–Trinajstić information content (AvgIpc) is 2.43. The fourth-order valence-electron chi connectivity index (χ4n) is 2.11. The number of hydrogen-bond donors (Lipinski definition) is 1. The van der Waals surface area contributed by atoms with E-state index in [0.29, 0.717) is 12.8 Å². The lowest BCUT2D eigenvalue weighted by Crippen LogP contribution is -2.26. The Hall–Kier alpha value is -1.54. The van der Waals surface area contributed by atoms with Crippen LogP contribution in [0.3, 0.4) is 0 Å². The number of hydrogen-bond acceptors (Lipinski definition) is 2. The fraction of sp³-hybridized carbons (Fsp3) is 0.375. The maximum absolute atomic E-state index is 10.9. The van der Waals surface area contributed by atoms with Crippen molar-refractivity contribution < 1.29 is 9.84 Å². The Kier molecular flexibility index (Phi) is 5.66. The van der Waals surface area contributed by atoms with Crippen LogP contribution in [0.15, 0.2) is 49.6 Å². The van der Waals surface area contributed by atoms with Gasteiger partial charge in [0, 0.05) is 5.56 Å². The molecule has 2 nitrogen and oxygen atoms in total. The predicted molar refractivity (Wildman–Crippen MR) is 75.8 cm³/mol. The molecule has 0 aliphatic heterocycles. The predicted octanol–water partition coefficient (Wildman–Crippen LogP) is 3.82. The van der Waals surface area contributed by atoms with Crippen molar-refractivity contribution in [3.8, 4) is 5.75 Å². The smallest absolute Gasteiger partial charge is 0.124 e. The molecular weight excluding hydrogens is 224 g/mol. The van der Waals surface area contributed by atoms with Crippen molar-refractivity contribution >= 4 is 0 Å². The Morgan fingerprint density at radius 2 is 1.72 bits per heavy atom. The summed E-state index contributed by atoms with van der Waals surface area (Å²) in [4.78, 5) is 0. The van der Waals surface area contributed by atoms with Gasteiger partial charge < -0.3 is 9.84 Å². The summed E-state index contributed by atoms with van der Waals surface area (Å²) >= 11 is 0. The Morgan fingerprint density at radius 1 is 1.17 bits per heavy atom. The highest BCUT2D eigenvalue weighted by Crippen LogP contribution is 2.37. The molecule has 0 saturated heterocycles. The van der Waals surface area contributed by atoms with Gasteiger partial charge in [-0.15, -0.1) is 13.2 Å². The first-order chi connectivity index (χ1) is 8.68. The minimum atomic E-state index is -0.880. The maximum atomic E-state index is 10.9. The molecule has 0 aliphatic carbocycles. The van der Waals surface area contributed by atoms with Gasteiger partial charge in [0.05, 0.1) is 12.7 Å². The molecule has 1 aromatic carbocycles. The molecule has 2 heteroatoms. The Bertz CT molecular complexity index is 384. The van der Waals surface area contributed by atoms with Crippen LogP contribution in [0.2, 0.25) is 0 Å². The van der Waals surface area contributed by atoms with Crippen LogP contribution >= 0.6 is 0 Å². The van der Waals surface area contributed by atoms with Gasteiger partial charge in [0.2, 0.25) is 0 Å². The number of aliphatic hydroxyl groups is 1. The molecule has 1 aromatic rings. The van der Waals surface area contributed by atoms with Crippen molar-refractivity contribution in [3.63, 3.8) is 0 Å². The van der Waals surface area contributed by atoms with Crippen LogP contribution in [0.5, 0.6) is 5.75 Å².